The molecule has 7 heteroatoms. The van der Waals surface area contributed by atoms with Crippen LogP contribution in [0.5, 0.6) is 5.75 Å². The van der Waals surface area contributed by atoms with Crippen molar-refractivity contribution < 1.29 is 19.4 Å². The minimum Gasteiger partial charge on any atom is -0.507 e. The van der Waals surface area contributed by atoms with Gasteiger partial charge in [-0.25, -0.2) is 0 Å². The second kappa shape index (κ2) is 8.68. The van der Waals surface area contributed by atoms with Crippen molar-refractivity contribution in [1.82, 2.24) is 9.80 Å². The van der Waals surface area contributed by atoms with E-state index in [2.05, 4.69) is 0 Å². The van der Waals surface area contributed by atoms with Crippen molar-refractivity contribution in [2.45, 2.75) is 6.04 Å². The second-order valence-corrected chi connectivity index (χ2v) is 7.51. The molecule has 1 aliphatic rings. The van der Waals surface area contributed by atoms with Gasteiger partial charge in [0.15, 0.2) is 0 Å². The summed E-state index contributed by atoms with van der Waals surface area (Å²) in [4.78, 5) is 29.1. The van der Waals surface area contributed by atoms with Crippen molar-refractivity contribution in [2.75, 3.05) is 34.3 Å². The number of hydrogen-bond donors (Lipinski definition) is 1. The van der Waals surface area contributed by atoms with Gasteiger partial charge < -0.3 is 19.6 Å². The Morgan fingerprint density at radius 2 is 1.72 bits per heavy atom. The lowest BCUT2D eigenvalue weighted by molar-refractivity contribution is -0.140. The Labute approximate surface area is 174 Å². The number of methoxy groups -OCH3 is 1. The molecule has 1 saturated heterocycles. The number of carbonyl (C=O) groups excluding carboxylic acids is 2. The molecule has 1 amide bonds. The zero-order valence-corrected chi connectivity index (χ0v) is 17.3. The molecule has 29 heavy (non-hydrogen) atoms. The molecule has 1 heterocycles. The zero-order valence-electron chi connectivity index (χ0n) is 16.6. The van der Waals surface area contributed by atoms with Gasteiger partial charge in [-0.05, 0) is 56.1 Å². The van der Waals surface area contributed by atoms with Crippen LogP contribution < -0.4 is 4.74 Å². The number of halogens is 1. The highest BCUT2D eigenvalue weighted by Gasteiger charge is 2.45. The summed E-state index contributed by atoms with van der Waals surface area (Å²) < 4.78 is 5.14. The first-order chi connectivity index (χ1) is 13.8. The molecule has 1 aliphatic heterocycles. The number of aliphatic hydroxyl groups excluding tert-OH is 1. The Bertz CT molecular complexity index is 936. The van der Waals surface area contributed by atoms with Crippen LogP contribution in [0.3, 0.4) is 0 Å². The number of Topliss-reactive ketones (excluding diaryl/α,β-unsaturated/α-hetero) is 1. The van der Waals surface area contributed by atoms with E-state index in [1.165, 1.54) is 4.90 Å². The van der Waals surface area contributed by atoms with Crippen molar-refractivity contribution in [2.24, 2.45) is 0 Å². The fourth-order valence-electron chi connectivity index (χ4n) is 3.31. The van der Waals surface area contributed by atoms with E-state index in [1.54, 1.807) is 55.6 Å². The Morgan fingerprint density at radius 1 is 1.10 bits per heavy atom. The summed E-state index contributed by atoms with van der Waals surface area (Å²) in [5, 5.41) is 11.5. The maximum absolute atomic E-state index is 12.9. The molecule has 152 valence electrons. The monoisotopic (exact) mass is 414 g/mol. The van der Waals surface area contributed by atoms with Crippen LogP contribution >= 0.6 is 11.6 Å². The fraction of sp³-hybridized carbons (Fsp3) is 0.273. The third-order valence-electron chi connectivity index (χ3n) is 4.88. The number of likely N-dealkylation sites (tertiary alicyclic amines) is 1. The van der Waals surface area contributed by atoms with Crippen LogP contribution in [-0.4, -0.2) is 60.9 Å². The van der Waals surface area contributed by atoms with E-state index in [1.807, 2.05) is 19.0 Å². The van der Waals surface area contributed by atoms with E-state index in [-0.39, 0.29) is 11.3 Å². The Kier molecular flexibility index (Phi) is 6.25. The summed E-state index contributed by atoms with van der Waals surface area (Å²) in [5.74, 6) is -0.903. The molecule has 0 bridgehead atoms. The van der Waals surface area contributed by atoms with Gasteiger partial charge in [0.2, 0.25) is 0 Å². The Hall–Kier alpha value is -2.83. The fourth-order valence-corrected chi connectivity index (χ4v) is 3.44. The molecule has 1 fully saturated rings. The van der Waals surface area contributed by atoms with Crippen molar-refractivity contribution in [3.05, 3.63) is 70.3 Å². The third kappa shape index (κ3) is 4.28. The highest BCUT2D eigenvalue weighted by atomic mass is 35.5. The van der Waals surface area contributed by atoms with Gasteiger partial charge in [-0.15, -0.1) is 0 Å². The number of nitrogens with zero attached hydrogens (tertiary/aromatic N) is 2. The molecule has 0 aromatic heterocycles. The van der Waals surface area contributed by atoms with E-state index < -0.39 is 17.7 Å². The summed E-state index contributed by atoms with van der Waals surface area (Å²) in [6.07, 6.45) is 0. The van der Waals surface area contributed by atoms with Gasteiger partial charge in [-0.1, -0.05) is 23.7 Å². The molecular formula is C22H23ClN2O4. The summed E-state index contributed by atoms with van der Waals surface area (Å²) >= 11 is 6.01. The predicted octanol–water partition coefficient (Wildman–Crippen LogP) is 3.33. The average Bonchev–Trinajstić information content (AvgIpc) is 2.97. The SMILES string of the molecule is COc1ccc(/C(O)=C2\C(=O)C(=O)N(CCN(C)C)[C@@H]2c2ccc(Cl)cc2)cc1. The van der Waals surface area contributed by atoms with Crippen LogP contribution in [0.4, 0.5) is 0 Å². The third-order valence-corrected chi connectivity index (χ3v) is 5.13. The summed E-state index contributed by atoms with van der Waals surface area (Å²) in [5.41, 5.74) is 1.22. The molecular weight excluding hydrogens is 392 g/mol. The first-order valence-corrected chi connectivity index (χ1v) is 9.54. The number of aliphatic hydroxyl groups is 1. The van der Waals surface area contributed by atoms with Crippen molar-refractivity contribution in [1.29, 1.82) is 0 Å². The molecule has 2 aromatic rings. The predicted molar refractivity (Wildman–Crippen MR) is 112 cm³/mol. The van der Waals surface area contributed by atoms with Crippen LogP contribution in [0.1, 0.15) is 17.2 Å². The maximum Gasteiger partial charge on any atom is 0.295 e. The average molecular weight is 415 g/mol. The number of hydrogen-bond acceptors (Lipinski definition) is 5. The van der Waals surface area contributed by atoms with Crippen molar-refractivity contribution in [3.8, 4) is 5.75 Å². The summed E-state index contributed by atoms with van der Waals surface area (Å²) in [7, 11) is 5.34. The molecule has 6 nitrogen and oxygen atoms in total. The topological polar surface area (TPSA) is 70.1 Å². The molecule has 0 spiro atoms. The van der Waals surface area contributed by atoms with Gasteiger partial charge in [0, 0.05) is 23.7 Å². The summed E-state index contributed by atoms with van der Waals surface area (Å²) in [6.45, 7) is 0.934. The molecule has 0 radical (unpaired) electrons. The number of carbonyl (C=O) groups is 2. The van der Waals surface area contributed by atoms with Gasteiger partial charge in [-0.2, -0.15) is 0 Å². The first kappa shape index (κ1) is 20.9. The zero-order chi connectivity index (χ0) is 21.1. The lowest BCUT2D eigenvalue weighted by atomic mass is 9.95. The number of amides is 1. The number of ketones is 1. The smallest absolute Gasteiger partial charge is 0.295 e. The van der Waals surface area contributed by atoms with E-state index in [0.29, 0.717) is 35.0 Å². The van der Waals surface area contributed by atoms with E-state index >= 15 is 0 Å². The number of rotatable bonds is 6. The molecule has 1 atom stereocenters. The van der Waals surface area contributed by atoms with Crippen LogP contribution in [0.2, 0.25) is 5.02 Å². The lowest BCUT2D eigenvalue weighted by Crippen LogP contribution is -2.35. The van der Waals surface area contributed by atoms with Crippen LogP contribution in [0, 0.1) is 0 Å². The van der Waals surface area contributed by atoms with Crippen molar-refractivity contribution >= 4 is 29.1 Å². The van der Waals surface area contributed by atoms with Gasteiger partial charge in [0.05, 0.1) is 18.7 Å². The quantitative estimate of drug-likeness (QED) is 0.446. The van der Waals surface area contributed by atoms with Gasteiger partial charge in [-0.3, -0.25) is 9.59 Å². The van der Waals surface area contributed by atoms with E-state index in [9.17, 15) is 14.7 Å². The minimum absolute atomic E-state index is 0.0706. The highest BCUT2D eigenvalue weighted by molar-refractivity contribution is 6.46. The Morgan fingerprint density at radius 3 is 2.28 bits per heavy atom. The number of ether oxygens (including phenoxy) is 1. The molecule has 0 aliphatic carbocycles. The molecule has 0 unspecified atom stereocenters. The van der Waals surface area contributed by atoms with Gasteiger partial charge >= 0.3 is 0 Å². The molecule has 0 saturated carbocycles. The summed E-state index contributed by atoms with van der Waals surface area (Å²) in [6, 6.07) is 12.9. The highest BCUT2D eigenvalue weighted by Crippen LogP contribution is 2.39. The minimum atomic E-state index is -0.697. The van der Waals surface area contributed by atoms with Gasteiger partial charge in [0.25, 0.3) is 11.7 Å². The standard InChI is InChI=1S/C22H23ClN2O4/c1-24(2)12-13-25-19(14-4-8-16(23)9-5-14)18(21(27)22(25)28)20(26)15-6-10-17(29-3)11-7-15/h4-11,19,26H,12-13H2,1-3H3/b20-18+/t19-/m1/s1. The molecule has 2 aromatic carbocycles. The van der Waals surface area contributed by atoms with E-state index in [0.717, 1.165) is 0 Å². The second-order valence-electron chi connectivity index (χ2n) is 7.08. The normalized spacial score (nSPS) is 18.5. The number of likely N-dealkylation sites (N-methyl/N-ethyl adjacent to an activating group) is 1. The number of benzene rings is 2. The van der Waals surface area contributed by atoms with Crippen LogP contribution in [0.15, 0.2) is 54.1 Å². The first-order valence-electron chi connectivity index (χ1n) is 9.16. The largest absolute Gasteiger partial charge is 0.507 e. The lowest BCUT2D eigenvalue weighted by Gasteiger charge is -2.26. The van der Waals surface area contributed by atoms with Crippen LogP contribution in [-0.2, 0) is 9.59 Å². The Balaban J connectivity index is 2.11. The van der Waals surface area contributed by atoms with E-state index in [4.69, 9.17) is 16.3 Å². The maximum atomic E-state index is 12.9. The van der Waals surface area contributed by atoms with Crippen LogP contribution in [0.25, 0.3) is 5.76 Å². The molecule has 1 N–H and O–H groups in total. The molecule has 3 rings (SSSR count). The van der Waals surface area contributed by atoms with Gasteiger partial charge in [0.1, 0.15) is 11.5 Å². The van der Waals surface area contributed by atoms with Crippen molar-refractivity contribution in [3.63, 3.8) is 0 Å².